The molecular weight excluding hydrogens is 337 g/mol. The van der Waals surface area contributed by atoms with Gasteiger partial charge in [-0.05, 0) is 43.0 Å². The van der Waals surface area contributed by atoms with E-state index in [4.69, 9.17) is 10.3 Å². The molecule has 0 radical (unpaired) electrons. The summed E-state index contributed by atoms with van der Waals surface area (Å²) in [5.41, 5.74) is 6.37. The maximum Gasteiger partial charge on any atom is 0.227 e. The van der Waals surface area contributed by atoms with Crippen LogP contribution < -0.4 is 5.73 Å². The third-order valence-corrected chi connectivity index (χ3v) is 3.93. The molecule has 0 aliphatic rings. The molecule has 1 aromatic heterocycles. The summed E-state index contributed by atoms with van der Waals surface area (Å²) in [6.07, 6.45) is 1.66. The van der Waals surface area contributed by atoms with E-state index < -0.39 is 0 Å². The Morgan fingerprint density at radius 2 is 2.14 bits per heavy atom. The molecule has 0 fully saturated rings. The molecule has 4 nitrogen and oxygen atoms in total. The Kier molecular flexibility index (Phi) is 5.47. The highest BCUT2D eigenvalue weighted by Crippen LogP contribution is 2.27. The minimum absolute atomic E-state index is 0.314. The van der Waals surface area contributed by atoms with Gasteiger partial charge in [-0.2, -0.15) is 4.98 Å². The predicted molar refractivity (Wildman–Crippen MR) is 83.1 cm³/mol. The molecular formula is C15H19BrFN3O. The minimum atomic E-state index is -0.334. The standard InChI is InChI=1S/C15H19BrFN3O/c1-9(2)5-10(8-18)6-14-19-15(20-21-14)12-7-11(17)3-4-13(12)16/h3-4,7,9-10H,5-6,8,18H2,1-2H3/t10-/m0/s1. The molecule has 0 saturated heterocycles. The summed E-state index contributed by atoms with van der Waals surface area (Å²) in [6, 6.07) is 4.39. The highest BCUT2D eigenvalue weighted by molar-refractivity contribution is 9.10. The van der Waals surface area contributed by atoms with Crippen molar-refractivity contribution in [1.82, 2.24) is 10.1 Å². The van der Waals surface area contributed by atoms with Crippen molar-refractivity contribution in [2.75, 3.05) is 6.54 Å². The van der Waals surface area contributed by atoms with Crippen molar-refractivity contribution in [1.29, 1.82) is 0 Å². The van der Waals surface area contributed by atoms with Gasteiger partial charge in [0.2, 0.25) is 11.7 Å². The number of hydrogen-bond acceptors (Lipinski definition) is 4. The van der Waals surface area contributed by atoms with E-state index in [2.05, 4.69) is 39.9 Å². The summed E-state index contributed by atoms with van der Waals surface area (Å²) in [4.78, 5) is 4.35. The second kappa shape index (κ2) is 7.13. The lowest BCUT2D eigenvalue weighted by molar-refractivity contribution is 0.332. The summed E-state index contributed by atoms with van der Waals surface area (Å²) in [7, 11) is 0. The quantitative estimate of drug-likeness (QED) is 0.855. The van der Waals surface area contributed by atoms with Crippen molar-refractivity contribution in [2.24, 2.45) is 17.6 Å². The van der Waals surface area contributed by atoms with Crippen molar-refractivity contribution in [3.63, 3.8) is 0 Å². The zero-order valence-electron chi connectivity index (χ0n) is 12.1. The van der Waals surface area contributed by atoms with Gasteiger partial charge in [-0.3, -0.25) is 0 Å². The number of hydrogen-bond donors (Lipinski definition) is 1. The molecule has 1 heterocycles. The largest absolute Gasteiger partial charge is 0.339 e. The Hall–Kier alpha value is -1.27. The molecule has 21 heavy (non-hydrogen) atoms. The van der Waals surface area contributed by atoms with E-state index in [1.165, 1.54) is 12.1 Å². The SMILES string of the molecule is CC(C)C[C@H](CN)Cc1nc(-c2cc(F)ccc2Br)no1. The fraction of sp³-hybridized carbons (Fsp3) is 0.467. The lowest BCUT2D eigenvalue weighted by Gasteiger charge is -2.14. The normalized spacial score (nSPS) is 12.9. The van der Waals surface area contributed by atoms with E-state index in [1.807, 2.05) is 0 Å². The smallest absolute Gasteiger partial charge is 0.227 e. The van der Waals surface area contributed by atoms with E-state index >= 15 is 0 Å². The van der Waals surface area contributed by atoms with Crippen molar-refractivity contribution < 1.29 is 8.91 Å². The molecule has 1 aromatic carbocycles. The first-order valence-corrected chi connectivity index (χ1v) is 7.77. The summed E-state index contributed by atoms with van der Waals surface area (Å²) >= 11 is 3.37. The molecule has 0 aliphatic carbocycles. The van der Waals surface area contributed by atoms with Gasteiger partial charge in [0, 0.05) is 16.5 Å². The van der Waals surface area contributed by atoms with E-state index in [0.29, 0.717) is 42.1 Å². The van der Waals surface area contributed by atoms with Gasteiger partial charge in [-0.15, -0.1) is 0 Å². The minimum Gasteiger partial charge on any atom is -0.339 e. The maximum absolute atomic E-state index is 13.3. The van der Waals surface area contributed by atoms with Crippen molar-refractivity contribution in [2.45, 2.75) is 26.7 Å². The summed E-state index contributed by atoms with van der Waals surface area (Å²) < 4.78 is 19.3. The van der Waals surface area contributed by atoms with Crippen LogP contribution in [0.1, 0.15) is 26.2 Å². The molecule has 114 valence electrons. The Labute approximate surface area is 132 Å². The number of aromatic nitrogens is 2. The summed E-state index contributed by atoms with van der Waals surface area (Å²) in [5, 5.41) is 3.93. The first-order valence-electron chi connectivity index (χ1n) is 6.97. The lowest BCUT2D eigenvalue weighted by atomic mass is 9.94. The van der Waals surface area contributed by atoms with E-state index in [1.54, 1.807) is 6.07 Å². The van der Waals surface area contributed by atoms with Crippen LogP contribution in [0.4, 0.5) is 4.39 Å². The van der Waals surface area contributed by atoms with E-state index in [9.17, 15) is 4.39 Å². The van der Waals surface area contributed by atoms with Crippen LogP contribution in [0.3, 0.4) is 0 Å². The fourth-order valence-electron chi connectivity index (χ4n) is 2.29. The van der Waals surface area contributed by atoms with Crippen molar-refractivity contribution in [3.8, 4) is 11.4 Å². The van der Waals surface area contributed by atoms with Crippen LogP contribution >= 0.6 is 15.9 Å². The maximum atomic E-state index is 13.3. The van der Waals surface area contributed by atoms with Gasteiger partial charge in [-0.25, -0.2) is 4.39 Å². The number of halogens is 2. The Balaban J connectivity index is 2.16. The molecule has 1 atom stereocenters. The molecule has 2 aromatic rings. The molecule has 0 saturated carbocycles. The Bertz CT molecular complexity index is 600. The molecule has 0 spiro atoms. The van der Waals surface area contributed by atoms with Crippen LogP contribution in [0.15, 0.2) is 27.2 Å². The lowest BCUT2D eigenvalue weighted by Crippen LogP contribution is -2.19. The predicted octanol–water partition coefficient (Wildman–Crippen LogP) is 3.80. The number of nitrogens with zero attached hydrogens (tertiary/aromatic N) is 2. The van der Waals surface area contributed by atoms with Crippen LogP contribution in [0.5, 0.6) is 0 Å². The van der Waals surface area contributed by atoms with Crippen LogP contribution in [-0.2, 0) is 6.42 Å². The van der Waals surface area contributed by atoms with Gasteiger partial charge >= 0.3 is 0 Å². The van der Waals surface area contributed by atoms with Crippen LogP contribution in [-0.4, -0.2) is 16.7 Å². The van der Waals surface area contributed by atoms with Gasteiger partial charge in [0.25, 0.3) is 0 Å². The summed E-state index contributed by atoms with van der Waals surface area (Å²) in [6.45, 7) is 4.90. The fourth-order valence-corrected chi connectivity index (χ4v) is 2.72. The van der Waals surface area contributed by atoms with E-state index in [-0.39, 0.29) is 5.82 Å². The second-order valence-corrected chi connectivity index (χ2v) is 6.43. The van der Waals surface area contributed by atoms with Gasteiger partial charge in [0.1, 0.15) is 5.82 Å². The molecule has 6 heteroatoms. The third kappa shape index (κ3) is 4.35. The molecule has 0 bridgehead atoms. The van der Waals surface area contributed by atoms with Gasteiger partial charge in [0.05, 0.1) is 0 Å². The Morgan fingerprint density at radius 1 is 1.38 bits per heavy atom. The zero-order valence-corrected chi connectivity index (χ0v) is 13.7. The van der Waals surface area contributed by atoms with Crippen molar-refractivity contribution in [3.05, 3.63) is 34.4 Å². The molecule has 0 amide bonds. The number of nitrogens with two attached hydrogens (primary N) is 1. The average Bonchev–Trinajstić information content (AvgIpc) is 2.88. The molecule has 2 rings (SSSR count). The first-order chi connectivity index (χ1) is 9.99. The average molecular weight is 356 g/mol. The zero-order chi connectivity index (χ0) is 15.4. The highest BCUT2D eigenvalue weighted by Gasteiger charge is 2.17. The molecule has 2 N–H and O–H groups in total. The molecule has 0 unspecified atom stereocenters. The highest BCUT2D eigenvalue weighted by atomic mass is 79.9. The van der Waals surface area contributed by atoms with Crippen molar-refractivity contribution >= 4 is 15.9 Å². The van der Waals surface area contributed by atoms with E-state index in [0.717, 1.165) is 10.9 Å². The second-order valence-electron chi connectivity index (χ2n) is 5.57. The van der Waals surface area contributed by atoms with Gasteiger partial charge in [-0.1, -0.05) is 34.9 Å². The van der Waals surface area contributed by atoms with Crippen LogP contribution in [0.25, 0.3) is 11.4 Å². The topological polar surface area (TPSA) is 64.9 Å². The molecule has 0 aliphatic heterocycles. The summed E-state index contributed by atoms with van der Waals surface area (Å²) in [5.74, 6) is 1.47. The number of rotatable bonds is 6. The van der Waals surface area contributed by atoms with Gasteiger partial charge < -0.3 is 10.3 Å². The first kappa shape index (κ1) is 16.1. The Morgan fingerprint density at radius 3 is 2.81 bits per heavy atom. The third-order valence-electron chi connectivity index (χ3n) is 3.24. The monoisotopic (exact) mass is 355 g/mol. The number of benzene rings is 1. The van der Waals surface area contributed by atoms with Crippen LogP contribution in [0.2, 0.25) is 0 Å². The van der Waals surface area contributed by atoms with Crippen LogP contribution in [0, 0.1) is 17.7 Å². The van der Waals surface area contributed by atoms with Gasteiger partial charge in [0.15, 0.2) is 0 Å².